The van der Waals surface area contributed by atoms with Crippen molar-refractivity contribution in [3.05, 3.63) is 72.3 Å². The second kappa shape index (κ2) is 12.1. The van der Waals surface area contributed by atoms with Crippen molar-refractivity contribution in [1.82, 2.24) is 10.6 Å². The predicted octanol–water partition coefficient (Wildman–Crippen LogP) is 3.57. The van der Waals surface area contributed by atoms with Crippen LogP contribution < -0.4 is 15.4 Å². The summed E-state index contributed by atoms with van der Waals surface area (Å²) in [6.07, 6.45) is 4.08. The van der Waals surface area contributed by atoms with Gasteiger partial charge >= 0.3 is 6.09 Å². The minimum absolute atomic E-state index is 0.137. The van der Waals surface area contributed by atoms with Crippen molar-refractivity contribution in [3.8, 4) is 11.5 Å². The van der Waals surface area contributed by atoms with Crippen LogP contribution in [0.1, 0.15) is 41.6 Å². The number of carbonyl (C=O) groups excluding carboxylic acids is 3. The summed E-state index contributed by atoms with van der Waals surface area (Å²) in [6.45, 7) is 4.44. The Bertz CT molecular complexity index is 880. The molecule has 0 aliphatic heterocycles. The fourth-order valence-electron chi connectivity index (χ4n) is 2.73. The molecule has 0 radical (unpaired) electrons. The van der Waals surface area contributed by atoms with Crippen molar-refractivity contribution in [2.45, 2.75) is 25.7 Å². The zero-order chi connectivity index (χ0) is 21.8. The van der Waals surface area contributed by atoms with Crippen molar-refractivity contribution in [3.63, 3.8) is 0 Å². The van der Waals surface area contributed by atoms with Crippen LogP contribution in [0.4, 0.5) is 4.79 Å². The highest BCUT2D eigenvalue weighted by atomic mass is 16.6. The molecule has 0 saturated carbocycles. The molecule has 0 unspecified atom stereocenters. The molecular formula is C23H26N2O5. The van der Waals surface area contributed by atoms with E-state index in [0.29, 0.717) is 18.7 Å². The molecule has 3 N–H and O–H groups in total. The number of hydrogen-bond acceptors (Lipinski definition) is 5. The van der Waals surface area contributed by atoms with Crippen molar-refractivity contribution in [2.75, 3.05) is 13.1 Å². The molecule has 7 heteroatoms. The van der Waals surface area contributed by atoms with E-state index in [2.05, 4.69) is 17.2 Å². The maximum atomic E-state index is 12.4. The topological polar surface area (TPSA) is 105 Å². The summed E-state index contributed by atoms with van der Waals surface area (Å²) in [7, 11) is 0. The molecule has 0 atom stereocenters. The Kier molecular flexibility index (Phi) is 9.12. The molecule has 0 aromatic heterocycles. The quantitative estimate of drug-likeness (QED) is 0.298. The molecule has 0 bridgehead atoms. The van der Waals surface area contributed by atoms with Crippen LogP contribution >= 0.6 is 0 Å². The van der Waals surface area contributed by atoms with Gasteiger partial charge in [-0.15, -0.1) is 0 Å². The number of phenolic OH excluding ortho intramolecular Hbond substituents is 1. The van der Waals surface area contributed by atoms with E-state index in [4.69, 9.17) is 4.74 Å². The number of ether oxygens (including phenoxy) is 1. The highest BCUT2D eigenvalue weighted by Crippen LogP contribution is 2.26. The number of hydrogen-bond donors (Lipinski definition) is 3. The SMILES string of the molecule is C=CC(=O)NCCCCCCNC(=O)Oc1ccc(C(=O)c2ccccc2)c(O)c1. The van der Waals surface area contributed by atoms with Gasteiger partial charge in [-0.1, -0.05) is 49.8 Å². The van der Waals surface area contributed by atoms with E-state index < -0.39 is 6.09 Å². The average molecular weight is 410 g/mol. The predicted molar refractivity (Wildman–Crippen MR) is 114 cm³/mol. The molecule has 0 fully saturated rings. The summed E-state index contributed by atoms with van der Waals surface area (Å²) >= 11 is 0. The molecule has 30 heavy (non-hydrogen) atoms. The summed E-state index contributed by atoms with van der Waals surface area (Å²) in [5, 5.41) is 15.5. The highest BCUT2D eigenvalue weighted by molar-refractivity contribution is 6.10. The molecule has 0 saturated heterocycles. The summed E-state index contributed by atoms with van der Waals surface area (Å²) in [6, 6.07) is 12.8. The summed E-state index contributed by atoms with van der Waals surface area (Å²) < 4.78 is 5.14. The van der Waals surface area contributed by atoms with Gasteiger partial charge in [-0.25, -0.2) is 4.79 Å². The van der Waals surface area contributed by atoms with Crippen LogP contribution in [0.3, 0.4) is 0 Å². The normalized spacial score (nSPS) is 10.1. The van der Waals surface area contributed by atoms with Gasteiger partial charge in [0.25, 0.3) is 0 Å². The molecule has 2 rings (SSSR count). The number of ketones is 1. The number of phenols is 1. The van der Waals surface area contributed by atoms with E-state index >= 15 is 0 Å². The molecule has 0 heterocycles. The Morgan fingerprint density at radius 3 is 2.23 bits per heavy atom. The van der Waals surface area contributed by atoms with E-state index in [9.17, 15) is 19.5 Å². The molecule has 158 valence electrons. The number of unbranched alkanes of at least 4 members (excludes halogenated alkanes) is 3. The van der Waals surface area contributed by atoms with Gasteiger partial charge in [0.05, 0.1) is 5.56 Å². The van der Waals surface area contributed by atoms with Crippen LogP contribution in [-0.4, -0.2) is 36.0 Å². The monoisotopic (exact) mass is 410 g/mol. The molecular weight excluding hydrogens is 384 g/mol. The van der Waals surface area contributed by atoms with E-state index in [1.807, 2.05) is 0 Å². The maximum Gasteiger partial charge on any atom is 0.412 e. The Labute approximate surface area is 175 Å². The second-order valence-corrected chi connectivity index (χ2v) is 6.60. The van der Waals surface area contributed by atoms with Crippen molar-refractivity contribution in [1.29, 1.82) is 0 Å². The summed E-state index contributed by atoms with van der Waals surface area (Å²) in [5.74, 6) is -0.596. The van der Waals surface area contributed by atoms with E-state index in [-0.39, 0.29) is 28.8 Å². The van der Waals surface area contributed by atoms with Crippen molar-refractivity contribution >= 4 is 17.8 Å². The van der Waals surface area contributed by atoms with Crippen LogP contribution in [0, 0.1) is 0 Å². The second-order valence-electron chi connectivity index (χ2n) is 6.60. The first-order chi connectivity index (χ1) is 14.5. The zero-order valence-electron chi connectivity index (χ0n) is 16.7. The molecule has 2 amide bonds. The lowest BCUT2D eigenvalue weighted by molar-refractivity contribution is -0.116. The minimum Gasteiger partial charge on any atom is -0.507 e. The van der Waals surface area contributed by atoms with Gasteiger partial charge in [-0.05, 0) is 31.1 Å². The lowest BCUT2D eigenvalue weighted by atomic mass is 10.0. The van der Waals surface area contributed by atoms with Gasteiger partial charge in [0.1, 0.15) is 11.5 Å². The smallest absolute Gasteiger partial charge is 0.412 e. The number of rotatable bonds is 11. The van der Waals surface area contributed by atoms with Crippen LogP contribution in [0.2, 0.25) is 0 Å². The van der Waals surface area contributed by atoms with Crippen LogP contribution in [-0.2, 0) is 4.79 Å². The number of carbonyl (C=O) groups is 3. The van der Waals surface area contributed by atoms with Crippen LogP contribution in [0.5, 0.6) is 11.5 Å². The van der Waals surface area contributed by atoms with Crippen LogP contribution in [0.15, 0.2) is 61.2 Å². The first kappa shape index (κ1) is 22.7. The van der Waals surface area contributed by atoms with E-state index in [0.717, 1.165) is 25.7 Å². The third-order valence-corrected chi connectivity index (χ3v) is 4.32. The van der Waals surface area contributed by atoms with E-state index in [1.165, 1.54) is 24.3 Å². The summed E-state index contributed by atoms with van der Waals surface area (Å²) in [5.41, 5.74) is 0.598. The zero-order valence-corrected chi connectivity index (χ0v) is 16.7. The molecule has 2 aromatic rings. The lowest BCUT2D eigenvalue weighted by Gasteiger charge is -2.09. The first-order valence-corrected chi connectivity index (χ1v) is 9.80. The third-order valence-electron chi connectivity index (χ3n) is 4.32. The largest absolute Gasteiger partial charge is 0.507 e. The van der Waals surface area contributed by atoms with E-state index in [1.54, 1.807) is 30.3 Å². The third kappa shape index (κ3) is 7.43. The van der Waals surface area contributed by atoms with Crippen LogP contribution in [0.25, 0.3) is 0 Å². The Balaban J connectivity index is 1.70. The first-order valence-electron chi connectivity index (χ1n) is 9.80. The van der Waals surface area contributed by atoms with Gasteiger partial charge < -0.3 is 20.5 Å². The Morgan fingerprint density at radius 2 is 1.60 bits per heavy atom. The van der Waals surface area contributed by atoms with Crippen molar-refractivity contribution in [2.24, 2.45) is 0 Å². The molecule has 7 nitrogen and oxygen atoms in total. The van der Waals surface area contributed by atoms with Gasteiger partial charge in [0, 0.05) is 24.7 Å². The number of benzene rings is 2. The standard InChI is InChI=1S/C23H26N2O5/c1-2-21(27)24-14-8-3-4-9-15-25-23(29)30-18-12-13-19(20(26)16-18)22(28)17-10-6-5-7-11-17/h2,5-7,10-13,16,26H,1,3-4,8-9,14-15H2,(H,24,27)(H,25,29). The summed E-state index contributed by atoms with van der Waals surface area (Å²) in [4.78, 5) is 35.3. The van der Waals surface area contributed by atoms with Gasteiger partial charge in [-0.3, -0.25) is 9.59 Å². The Hall–Kier alpha value is -3.61. The van der Waals surface area contributed by atoms with Gasteiger partial charge in [0.15, 0.2) is 5.78 Å². The Morgan fingerprint density at radius 1 is 0.933 bits per heavy atom. The minimum atomic E-state index is -0.630. The fourth-order valence-corrected chi connectivity index (χ4v) is 2.73. The molecule has 0 aliphatic carbocycles. The number of amides is 2. The average Bonchev–Trinajstić information content (AvgIpc) is 2.75. The molecule has 0 spiro atoms. The van der Waals surface area contributed by atoms with Gasteiger partial charge in [0.2, 0.25) is 5.91 Å². The van der Waals surface area contributed by atoms with Crippen molar-refractivity contribution < 1.29 is 24.2 Å². The number of aromatic hydroxyl groups is 1. The molecule has 2 aromatic carbocycles. The maximum absolute atomic E-state index is 12.4. The fraction of sp³-hybridized carbons (Fsp3) is 0.261. The van der Waals surface area contributed by atoms with Gasteiger partial charge in [-0.2, -0.15) is 0 Å². The lowest BCUT2D eigenvalue weighted by Crippen LogP contribution is -2.27. The molecule has 0 aliphatic rings. The highest BCUT2D eigenvalue weighted by Gasteiger charge is 2.15. The number of nitrogens with one attached hydrogen (secondary N) is 2.